The first-order chi connectivity index (χ1) is 9.79. The van der Waals surface area contributed by atoms with Gasteiger partial charge in [0.05, 0.1) is 11.2 Å². The van der Waals surface area contributed by atoms with E-state index in [1.165, 1.54) is 13.2 Å². The summed E-state index contributed by atoms with van der Waals surface area (Å²) >= 11 is 1.83. The fourth-order valence-corrected chi connectivity index (χ4v) is 2.72. The standard InChI is InChI=1S/C14H15F3INO2/c1-3-7-19(13(20)14(15,16)17)12(18)9-10-5-4-6-11(8-10)21-2/h3-6,8,12H,1,7,9H2,2H3. The van der Waals surface area contributed by atoms with Crippen LogP contribution in [-0.2, 0) is 11.2 Å². The van der Waals surface area contributed by atoms with Gasteiger partial charge in [-0.3, -0.25) is 4.79 Å². The van der Waals surface area contributed by atoms with Crippen molar-refractivity contribution in [2.75, 3.05) is 13.7 Å². The highest BCUT2D eigenvalue weighted by Gasteiger charge is 2.43. The average Bonchev–Trinajstić information content (AvgIpc) is 2.43. The Hall–Kier alpha value is -1.25. The minimum absolute atomic E-state index is 0.157. The van der Waals surface area contributed by atoms with Crippen LogP contribution in [0.25, 0.3) is 0 Å². The molecule has 21 heavy (non-hydrogen) atoms. The Morgan fingerprint density at radius 3 is 2.71 bits per heavy atom. The monoisotopic (exact) mass is 413 g/mol. The van der Waals surface area contributed by atoms with E-state index in [1.807, 2.05) is 22.6 Å². The van der Waals surface area contributed by atoms with Crippen molar-refractivity contribution in [3.8, 4) is 5.75 Å². The molecular weight excluding hydrogens is 398 g/mol. The van der Waals surface area contributed by atoms with Crippen LogP contribution in [0.4, 0.5) is 13.2 Å². The molecule has 1 amide bonds. The zero-order valence-electron chi connectivity index (χ0n) is 11.4. The van der Waals surface area contributed by atoms with Crippen molar-refractivity contribution in [2.45, 2.75) is 16.6 Å². The second-order valence-electron chi connectivity index (χ2n) is 4.23. The Morgan fingerprint density at radius 1 is 1.52 bits per heavy atom. The van der Waals surface area contributed by atoms with Gasteiger partial charge in [-0.1, -0.05) is 40.8 Å². The fraction of sp³-hybridized carbons (Fsp3) is 0.357. The molecule has 0 aromatic heterocycles. The van der Waals surface area contributed by atoms with E-state index >= 15 is 0 Å². The molecule has 1 unspecified atom stereocenters. The first-order valence-corrected chi connectivity index (χ1v) is 7.29. The first-order valence-electron chi connectivity index (χ1n) is 6.05. The molecule has 0 spiro atoms. The fourth-order valence-electron chi connectivity index (χ4n) is 1.73. The molecule has 3 nitrogen and oxygen atoms in total. The van der Waals surface area contributed by atoms with Crippen LogP contribution in [0.1, 0.15) is 5.56 Å². The Labute approximate surface area is 134 Å². The van der Waals surface area contributed by atoms with Crippen molar-refractivity contribution in [2.24, 2.45) is 0 Å². The van der Waals surface area contributed by atoms with Gasteiger partial charge in [-0.05, 0) is 17.7 Å². The van der Waals surface area contributed by atoms with Crippen molar-refractivity contribution in [3.05, 3.63) is 42.5 Å². The maximum absolute atomic E-state index is 12.6. The molecule has 0 bridgehead atoms. The molecule has 0 heterocycles. The van der Waals surface area contributed by atoms with E-state index in [2.05, 4.69) is 6.58 Å². The van der Waals surface area contributed by atoms with Crippen LogP contribution < -0.4 is 4.74 Å². The second kappa shape index (κ2) is 7.67. The van der Waals surface area contributed by atoms with Crippen molar-refractivity contribution < 1.29 is 22.7 Å². The Bertz CT molecular complexity index is 505. The highest BCUT2D eigenvalue weighted by atomic mass is 127. The molecule has 0 fully saturated rings. The third-order valence-electron chi connectivity index (χ3n) is 2.71. The Balaban J connectivity index is 2.88. The number of amides is 1. The van der Waals surface area contributed by atoms with Gasteiger partial charge in [0.2, 0.25) is 0 Å². The molecule has 1 rings (SSSR count). The third-order valence-corrected chi connectivity index (χ3v) is 3.82. The lowest BCUT2D eigenvalue weighted by atomic mass is 10.1. The molecule has 7 heteroatoms. The highest BCUT2D eigenvalue weighted by molar-refractivity contribution is 14.1. The summed E-state index contributed by atoms with van der Waals surface area (Å²) in [5, 5.41) is 0. The van der Waals surface area contributed by atoms with E-state index in [4.69, 9.17) is 4.74 Å². The lowest BCUT2D eigenvalue weighted by Gasteiger charge is -2.27. The predicted molar refractivity (Wildman–Crippen MR) is 82.5 cm³/mol. The number of carbonyl (C=O) groups excluding carboxylic acids is 1. The van der Waals surface area contributed by atoms with Gasteiger partial charge in [-0.15, -0.1) is 6.58 Å². The summed E-state index contributed by atoms with van der Waals surface area (Å²) in [5.74, 6) is -1.24. The van der Waals surface area contributed by atoms with E-state index in [0.29, 0.717) is 5.75 Å². The van der Waals surface area contributed by atoms with Gasteiger partial charge >= 0.3 is 12.1 Å². The zero-order valence-corrected chi connectivity index (χ0v) is 13.5. The van der Waals surface area contributed by atoms with Gasteiger partial charge in [0.15, 0.2) is 0 Å². The van der Waals surface area contributed by atoms with Crippen LogP contribution >= 0.6 is 22.6 Å². The van der Waals surface area contributed by atoms with Crippen LogP contribution in [0, 0.1) is 0 Å². The van der Waals surface area contributed by atoms with Crippen LogP contribution in [0.15, 0.2) is 36.9 Å². The number of rotatable bonds is 6. The average molecular weight is 413 g/mol. The van der Waals surface area contributed by atoms with Gasteiger partial charge in [0.1, 0.15) is 5.75 Å². The quantitative estimate of drug-likeness (QED) is 0.309. The van der Waals surface area contributed by atoms with E-state index in [9.17, 15) is 18.0 Å². The maximum Gasteiger partial charge on any atom is 0.471 e. The number of halogens is 4. The maximum atomic E-state index is 12.6. The highest BCUT2D eigenvalue weighted by Crippen LogP contribution is 2.24. The van der Waals surface area contributed by atoms with Crippen LogP contribution in [0.5, 0.6) is 5.75 Å². The molecule has 0 aliphatic heterocycles. The lowest BCUT2D eigenvalue weighted by molar-refractivity contribution is -0.185. The normalized spacial score (nSPS) is 12.6. The minimum Gasteiger partial charge on any atom is -0.497 e. The minimum atomic E-state index is -4.89. The van der Waals surface area contributed by atoms with Crippen molar-refractivity contribution in [1.82, 2.24) is 4.90 Å². The smallest absolute Gasteiger partial charge is 0.471 e. The van der Waals surface area contributed by atoms with Gasteiger partial charge in [0, 0.05) is 13.0 Å². The van der Waals surface area contributed by atoms with E-state index in [-0.39, 0.29) is 13.0 Å². The molecule has 116 valence electrons. The number of ether oxygens (including phenoxy) is 1. The number of hydrogen-bond acceptors (Lipinski definition) is 2. The first kappa shape index (κ1) is 17.8. The molecule has 0 aliphatic rings. The summed E-state index contributed by atoms with van der Waals surface area (Å²) in [7, 11) is 1.51. The number of alkyl halides is 4. The summed E-state index contributed by atoms with van der Waals surface area (Å²) in [4.78, 5) is 12.2. The zero-order chi connectivity index (χ0) is 16.0. The Morgan fingerprint density at radius 2 is 2.19 bits per heavy atom. The molecule has 1 aromatic rings. The van der Waals surface area contributed by atoms with Gasteiger partial charge in [0.25, 0.3) is 0 Å². The van der Waals surface area contributed by atoms with Crippen molar-refractivity contribution in [3.63, 3.8) is 0 Å². The van der Waals surface area contributed by atoms with Crippen molar-refractivity contribution >= 4 is 28.5 Å². The number of hydrogen-bond donors (Lipinski definition) is 0. The number of methoxy groups -OCH3 is 1. The third kappa shape index (κ3) is 5.22. The van der Waals surface area contributed by atoms with Gasteiger partial charge in [-0.2, -0.15) is 13.2 Å². The molecule has 1 aromatic carbocycles. The number of benzene rings is 1. The Kier molecular flexibility index (Phi) is 6.50. The summed E-state index contributed by atoms with van der Waals surface area (Å²) in [5.41, 5.74) is 0.790. The molecule has 0 N–H and O–H groups in total. The molecule has 0 saturated carbocycles. The molecular formula is C14H15F3INO2. The SMILES string of the molecule is C=CCN(C(=O)C(F)(F)F)C(I)Cc1cccc(OC)c1. The van der Waals surface area contributed by atoms with E-state index in [0.717, 1.165) is 10.5 Å². The second-order valence-corrected chi connectivity index (χ2v) is 5.67. The van der Waals surface area contributed by atoms with Gasteiger partial charge < -0.3 is 9.64 Å². The van der Waals surface area contributed by atoms with Crippen LogP contribution in [-0.4, -0.2) is 34.7 Å². The predicted octanol–water partition coefficient (Wildman–Crippen LogP) is 3.58. The summed E-state index contributed by atoms with van der Waals surface area (Å²) in [6.45, 7) is 3.24. The molecule has 0 saturated heterocycles. The number of nitrogens with zero attached hydrogens (tertiary/aromatic N) is 1. The van der Waals surface area contributed by atoms with Crippen LogP contribution in [0.2, 0.25) is 0 Å². The lowest BCUT2D eigenvalue weighted by Crippen LogP contribution is -2.45. The van der Waals surface area contributed by atoms with E-state index < -0.39 is 16.1 Å². The van der Waals surface area contributed by atoms with E-state index in [1.54, 1.807) is 24.3 Å². The molecule has 0 aliphatic carbocycles. The largest absolute Gasteiger partial charge is 0.497 e. The molecule has 0 radical (unpaired) electrons. The summed E-state index contributed by atoms with van der Waals surface area (Å²) in [6, 6.07) is 7.00. The molecule has 1 atom stereocenters. The summed E-state index contributed by atoms with van der Waals surface area (Å²) < 4.78 is 42.2. The number of carbonyl (C=O) groups is 1. The van der Waals surface area contributed by atoms with Gasteiger partial charge in [-0.25, -0.2) is 0 Å². The van der Waals surface area contributed by atoms with Crippen molar-refractivity contribution in [1.29, 1.82) is 0 Å². The topological polar surface area (TPSA) is 29.5 Å². The summed E-state index contributed by atoms with van der Waals surface area (Å²) in [6.07, 6.45) is -3.32. The van der Waals surface area contributed by atoms with Crippen LogP contribution in [0.3, 0.4) is 0 Å².